The van der Waals surface area contributed by atoms with Crippen LogP contribution in [0.15, 0.2) is 22.7 Å². The van der Waals surface area contributed by atoms with E-state index in [1.807, 2.05) is 20.8 Å². The van der Waals surface area contributed by atoms with Crippen molar-refractivity contribution in [3.05, 3.63) is 33.8 Å². The van der Waals surface area contributed by atoms with Crippen molar-refractivity contribution in [2.45, 2.75) is 58.7 Å². The molecule has 1 amide bonds. The Balaban J connectivity index is 1.83. The molecule has 0 spiro atoms. The first kappa shape index (κ1) is 18.3. The predicted octanol–water partition coefficient (Wildman–Crippen LogP) is 4.15. The number of hydrogen-bond donors (Lipinski definition) is 2. The fourth-order valence-corrected chi connectivity index (χ4v) is 3.08. The van der Waals surface area contributed by atoms with Gasteiger partial charge in [-0.25, -0.2) is 4.79 Å². The van der Waals surface area contributed by atoms with Gasteiger partial charge in [-0.15, -0.1) is 0 Å². The molecule has 1 atom stereocenters. The van der Waals surface area contributed by atoms with Gasteiger partial charge in [0.1, 0.15) is 5.60 Å². The van der Waals surface area contributed by atoms with Crippen LogP contribution in [-0.2, 0) is 11.3 Å². The molecule has 0 aromatic heterocycles. The molecule has 1 aromatic rings. The summed E-state index contributed by atoms with van der Waals surface area (Å²) in [6.07, 6.45) is 2.10. The van der Waals surface area contributed by atoms with Crippen LogP contribution in [0, 0.1) is 12.8 Å². The van der Waals surface area contributed by atoms with Crippen LogP contribution in [0.25, 0.3) is 0 Å². The third-order valence-electron chi connectivity index (χ3n) is 3.82. The molecule has 2 rings (SSSR count). The molecule has 0 bridgehead atoms. The number of halogens is 1. The van der Waals surface area contributed by atoms with Crippen LogP contribution in [0.2, 0.25) is 0 Å². The minimum absolute atomic E-state index is 0.288. The summed E-state index contributed by atoms with van der Waals surface area (Å²) in [7, 11) is 0. The lowest BCUT2D eigenvalue weighted by molar-refractivity contribution is 0.0521. The van der Waals surface area contributed by atoms with Gasteiger partial charge in [0.2, 0.25) is 0 Å². The highest BCUT2D eigenvalue weighted by molar-refractivity contribution is 9.10. The monoisotopic (exact) mass is 382 g/mol. The Bertz CT molecular complexity index is 550. The first-order valence-corrected chi connectivity index (χ1v) is 8.99. The molecule has 1 aromatic carbocycles. The van der Waals surface area contributed by atoms with Crippen molar-refractivity contribution < 1.29 is 9.53 Å². The van der Waals surface area contributed by atoms with Crippen molar-refractivity contribution in [2.24, 2.45) is 5.92 Å². The summed E-state index contributed by atoms with van der Waals surface area (Å²) < 4.78 is 6.42. The van der Waals surface area contributed by atoms with Gasteiger partial charge in [0.25, 0.3) is 0 Å². The number of aryl methyl sites for hydroxylation is 1. The van der Waals surface area contributed by atoms with E-state index in [2.05, 4.69) is 51.7 Å². The minimum Gasteiger partial charge on any atom is -0.444 e. The van der Waals surface area contributed by atoms with Crippen LogP contribution in [0.1, 0.15) is 44.7 Å². The van der Waals surface area contributed by atoms with E-state index in [1.54, 1.807) is 0 Å². The Morgan fingerprint density at radius 3 is 2.65 bits per heavy atom. The second kappa shape index (κ2) is 7.67. The van der Waals surface area contributed by atoms with Gasteiger partial charge in [0.05, 0.1) is 0 Å². The van der Waals surface area contributed by atoms with Crippen molar-refractivity contribution in [1.29, 1.82) is 0 Å². The van der Waals surface area contributed by atoms with Crippen LogP contribution in [0.5, 0.6) is 0 Å². The quantitative estimate of drug-likeness (QED) is 0.776. The first-order chi connectivity index (χ1) is 10.7. The molecule has 1 aliphatic rings. The van der Waals surface area contributed by atoms with E-state index in [-0.39, 0.29) is 12.1 Å². The number of rotatable bonds is 6. The lowest BCUT2D eigenvalue weighted by atomic mass is 10.1. The zero-order valence-corrected chi connectivity index (χ0v) is 16.0. The third kappa shape index (κ3) is 6.51. The highest BCUT2D eigenvalue weighted by atomic mass is 79.9. The normalized spacial score (nSPS) is 16.0. The molecule has 0 saturated heterocycles. The maximum Gasteiger partial charge on any atom is 0.407 e. The molecular formula is C18H27BrN2O2. The highest BCUT2D eigenvalue weighted by Crippen LogP contribution is 2.32. The van der Waals surface area contributed by atoms with Gasteiger partial charge in [0, 0.05) is 23.6 Å². The number of carbonyl (C=O) groups is 1. The van der Waals surface area contributed by atoms with E-state index in [4.69, 9.17) is 4.74 Å². The van der Waals surface area contributed by atoms with Gasteiger partial charge in [-0.1, -0.05) is 28.1 Å². The average Bonchev–Trinajstić information content (AvgIpc) is 3.23. The zero-order valence-electron chi connectivity index (χ0n) is 14.4. The van der Waals surface area contributed by atoms with Crippen LogP contribution in [0.3, 0.4) is 0 Å². The lowest BCUT2D eigenvalue weighted by Gasteiger charge is -2.23. The predicted molar refractivity (Wildman–Crippen MR) is 96.5 cm³/mol. The summed E-state index contributed by atoms with van der Waals surface area (Å²) in [6, 6.07) is 6.67. The summed E-state index contributed by atoms with van der Waals surface area (Å²) in [6.45, 7) is 9.09. The number of benzene rings is 1. The molecular weight excluding hydrogens is 356 g/mol. The van der Waals surface area contributed by atoms with Crippen molar-refractivity contribution in [3.8, 4) is 0 Å². The third-order valence-corrected chi connectivity index (χ3v) is 4.56. The molecule has 0 heterocycles. The van der Waals surface area contributed by atoms with Gasteiger partial charge < -0.3 is 15.4 Å². The van der Waals surface area contributed by atoms with Crippen molar-refractivity contribution in [2.75, 3.05) is 6.54 Å². The van der Waals surface area contributed by atoms with E-state index < -0.39 is 5.60 Å². The molecule has 128 valence electrons. The number of alkyl carbamates (subject to hydrolysis) is 1. The summed E-state index contributed by atoms with van der Waals surface area (Å²) in [4.78, 5) is 11.8. The zero-order chi connectivity index (χ0) is 17.0. The molecule has 0 radical (unpaired) electrons. The molecule has 5 heteroatoms. The van der Waals surface area contributed by atoms with E-state index in [1.165, 1.54) is 24.0 Å². The average molecular weight is 383 g/mol. The maximum absolute atomic E-state index is 11.8. The molecule has 1 fully saturated rings. The Morgan fingerprint density at radius 1 is 1.39 bits per heavy atom. The van der Waals surface area contributed by atoms with E-state index in [0.717, 1.165) is 11.0 Å². The standard InChI is InChI=1S/C18H27BrN2O2/c1-12-5-6-14(15(19)9-12)10-20-16(13-7-8-13)11-21-17(22)23-18(2,3)4/h5-6,9,13,16,20H,7-8,10-11H2,1-4H3,(H,21,22). The Kier molecular flexibility index (Phi) is 6.09. The van der Waals surface area contributed by atoms with E-state index in [9.17, 15) is 4.79 Å². The fourth-order valence-electron chi connectivity index (χ4n) is 2.45. The van der Waals surface area contributed by atoms with Crippen LogP contribution < -0.4 is 10.6 Å². The fraction of sp³-hybridized carbons (Fsp3) is 0.611. The summed E-state index contributed by atoms with van der Waals surface area (Å²) in [5.74, 6) is 0.647. The van der Waals surface area contributed by atoms with E-state index in [0.29, 0.717) is 12.5 Å². The van der Waals surface area contributed by atoms with Gasteiger partial charge in [-0.3, -0.25) is 0 Å². The molecule has 23 heavy (non-hydrogen) atoms. The van der Waals surface area contributed by atoms with Crippen molar-refractivity contribution in [3.63, 3.8) is 0 Å². The highest BCUT2D eigenvalue weighted by Gasteiger charge is 2.31. The Labute approximate surface area is 147 Å². The second-order valence-electron chi connectivity index (χ2n) is 7.30. The second-order valence-corrected chi connectivity index (χ2v) is 8.16. The molecule has 4 nitrogen and oxygen atoms in total. The van der Waals surface area contributed by atoms with Crippen LogP contribution in [0.4, 0.5) is 4.79 Å². The maximum atomic E-state index is 11.8. The number of hydrogen-bond acceptors (Lipinski definition) is 3. The van der Waals surface area contributed by atoms with Crippen LogP contribution >= 0.6 is 15.9 Å². The first-order valence-electron chi connectivity index (χ1n) is 8.20. The largest absolute Gasteiger partial charge is 0.444 e. The topological polar surface area (TPSA) is 50.4 Å². The summed E-state index contributed by atoms with van der Waals surface area (Å²) in [5, 5.41) is 6.46. The molecule has 1 saturated carbocycles. The Morgan fingerprint density at radius 2 is 2.09 bits per heavy atom. The van der Waals surface area contributed by atoms with Gasteiger partial charge in [-0.2, -0.15) is 0 Å². The Hall–Kier alpha value is -1.07. The summed E-state index contributed by atoms with van der Waals surface area (Å²) >= 11 is 3.62. The van der Waals surface area contributed by atoms with Crippen LogP contribution in [-0.4, -0.2) is 24.3 Å². The van der Waals surface area contributed by atoms with Gasteiger partial charge >= 0.3 is 6.09 Å². The molecule has 2 N–H and O–H groups in total. The van der Waals surface area contributed by atoms with Gasteiger partial charge in [0.15, 0.2) is 0 Å². The van der Waals surface area contributed by atoms with Crippen molar-refractivity contribution in [1.82, 2.24) is 10.6 Å². The number of amides is 1. The number of nitrogens with one attached hydrogen (secondary N) is 2. The van der Waals surface area contributed by atoms with E-state index >= 15 is 0 Å². The number of ether oxygens (including phenoxy) is 1. The lowest BCUT2D eigenvalue weighted by Crippen LogP contribution is -2.43. The SMILES string of the molecule is Cc1ccc(CNC(CNC(=O)OC(C)(C)C)C2CC2)c(Br)c1. The molecule has 1 aliphatic carbocycles. The molecule has 1 unspecified atom stereocenters. The van der Waals surface area contributed by atoms with Gasteiger partial charge in [-0.05, 0) is 63.6 Å². The van der Waals surface area contributed by atoms with Crippen molar-refractivity contribution >= 4 is 22.0 Å². The summed E-state index contributed by atoms with van der Waals surface area (Å²) in [5.41, 5.74) is 2.02. The number of carbonyl (C=O) groups excluding carboxylic acids is 1. The smallest absolute Gasteiger partial charge is 0.407 e. The minimum atomic E-state index is -0.459. The molecule has 0 aliphatic heterocycles.